The van der Waals surface area contributed by atoms with Gasteiger partial charge in [-0.15, -0.1) is 11.8 Å². The standard InChI is InChI=1S/C15H24N2OS/c1-3-4-5-6-7-11-18-12-9-8-10-13(19-2)14(12)15(16)17/h8-10H,3-7,11H2,1-2H3,(H3,16,17). The molecule has 0 saturated heterocycles. The van der Waals surface area contributed by atoms with Gasteiger partial charge in [-0.1, -0.05) is 38.7 Å². The molecule has 0 spiro atoms. The number of nitrogen functional groups attached to an aromatic ring is 1. The predicted octanol–water partition coefficient (Wildman–Crippen LogP) is 4.04. The van der Waals surface area contributed by atoms with Gasteiger partial charge >= 0.3 is 0 Å². The molecule has 4 heteroatoms. The number of nitrogens with two attached hydrogens (primary N) is 1. The van der Waals surface area contributed by atoms with Gasteiger partial charge in [0.25, 0.3) is 0 Å². The molecule has 0 saturated carbocycles. The van der Waals surface area contributed by atoms with Gasteiger partial charge in [0.1, 0.15) is 11.6 Å². The van der Waals surface area contributed by atoms with Gasteiger partial charge in [-0.3, -0.25) is 5.41 Å². The van der Waals surface area contributed by atoms with Crippen LogP contribution in [0.3, 0.4) is 0 Å². The van der Waals surface area contributed by atoms with Crippen molar-refractivity contribution in [1.82, 2.24) is 0 Å². The number of unbranched alkanes of at least 4 members (excludes halogenated alkanes) is 4. The van der Waals surface area contributed by atoms with E-state index >= 15 is 0 Å². The molecular formula is C15H24N2OS. The molecule has 0 aliphatic rings. The monoisotopic (exact) mass is 280 g/mol. The molecule has 0 radical (unpaired) electrons. The molecule has 0 atom stereocenters. The third-order valence-electron chi connectivity index (χ3n) is 2.98. The number of hydrogen-bond acceptors (Lipinski definition) is 3. The van der Waals surface area contributed by atoms with Crippen molar-refractivity contribution in [3.63, 3.8) is 0 Å². The van der Waals surface area contributed by atoms with E-state index < -0.39 is 0 Å². The van der Waals surface area contributed by atoms with E-state index in [4.69, 9.17) is 15.9 Å². The first kappa shape index (κ1) is 15.9. The minimum Gasteiger partial charge on any atom is -0.493 e. The number of amidine groups is 1. The lowest BCUT2D eigenvalue weighted by atomic mass is 10.1. The molecule has 0 aromatic heterocycles. The fraction of sp³-hybridized carbons (Fsp3) is 0.533. The SMILES string of the molecule is CCCCCCCOc1cccc(SC)c1C(=N)N. The first-order valence-corrected chi connectivity index (χ1v) is 8.07. The van der Waals surface area contributed by atoms with Crippen molar-refractivity contribution in [2.24, 2.45) is 5.73 Å². The predicted molar refractivity (Wildman–Crippen MR) is 83.5 cm³/mol. The molecule has 0 aliphatic heterocycles. The largest absolute Gasteiger partial charge is 0.493 e. The fourth-order valence-electron chi connectivity index (χ4n) is 1.95. The summed E-state index contributed by atoms with van der Waals surface area (Å²) in [6, 6.07) is 5.81. The molecule has 0 bridgehead atoms. The van der Waals surface area contributed by atoms with Crippen LogP contribution in [0.25, 0.3) is 0 Å². The Morgan fingerprint density at radius 2 is 2.00 bits per heavy atom. The van der Waals surface area contributed by atoms with Crippen molar-refractivity contribution < 1.29 is 4.74 Å². The number of thioether (sulfide) groups is 1. The highest BCUT2D eigenvalue weighted by Crippen LogP contribution is 2.28. The maximum atomic E-state index is 7.68. The van der Waals surface area contributed by atoms with Crippen LogP contribution in [-0.2, 0) is 0 Å². The first-order valence-electron chi connectivity index (χ1n) is 6.84. The molecule has 0 aliphatic carbocycles. The second-order valence-corrected chi connectivity index (χ2v) is 5.36. The van der Waals surface area contributed by atoms with Crippen molar-refractivity contribution in [3.8, 4) is 5.75 Å². The zero-order chi connectivity index (χ0) is 14.1. The normalized spacial score (nSPS) is 10.4. The van der Waals surface area contributed by atoms with Gasteiger partial charge in [-0.05, 0) is 24.8 Å². The van der Waals surface area contributed by atoms with E-state index in [-0.39, 0.29) is 5.84 Å². The van der Waals surface area contributed by atoms with Crippen LogP contribution >= 0.6 is 11.8 Å². The van der Waals surface area contributed by atoms with Crippen molar-refractivity contribution >= 4 is 17.6 Å². The van der Waals surface area contributed by atoms with Crippen LogP contribution in [0.4, 0.5) is 0 Å². The molecule has 1 aromatic carbocycles. The summed E-state index contributed by atoms with van der Waals surface area (Å²) in [7, 11) is 0. The smallest absolute Gasteiger partial charge is 0.131 e. The molecule has 106 valence electrons. The topological polar surface area (TPSA) is 59.1 Å². The van der Waals surface area contributed by atoms with E-state index in [9.17, 15) is 0 Å². The third kappa shape index (κ3) is 5.15. The van der Waals surface area contributed by atoms with E-state index in [0.717, 1.165) is 22.6 Å². The lowest BCUT2D eigenvalue weighted by Crippen LogP contribution is -2.14. The second-order valence-electron chi connectivity index (χ2n) is 4.51. The Morgan fingerprint density at radius 3 is 2.63 bits per heavy atom. The molecule has 0 fully saturated rings. The Labute approximate surface area is 120 Å². The summed E-state index contributed by atoms with van der Waals surface area (Å²) >= 11 is 1.59. The highest BCUT2D eigenvalue weighted by atomic mass is 32.2. The van der Waals surface area contributed by atoms with Gasteiger partial charge in [0.15, 0.2) is 0 Å². The molecule has 3 N–H and O–H groups in total. The second kappa shape index (κ2) is 8.86. The van der Waals surface area contributed by atoms with Crippen LogP contribution in [0.15, 0.2) is 23.1 Å². The minimum atomic E-state index is 0.0749. The molecule has 19 heavy (non-hydrogen) atoms. The quantitative estimate of drug-likeness (QED) is 0.310. The van der Waals surface area contributed by atoms with E-state index in [1.165, 1.54) is 25.7 Å². The molecule has 3 nitrogen and oxygen atoms in total. The third-order valence-corrected chi connectivity index (χ3v) is 3.76. The Balaban J connectivity index is 2.55. The van der Waals surface area contributed by atoms with Crippen LogP contribution in [0.2, 0.25) is 0 Å². The highest BCUT2D eigenvalue weighted by molar-refractivity contribution is 7.98. The summed E-state index contributed by atoms with van der Waals surface area (Å²) in [5.74, 6) is 0.806. The maximum Gasteiger partial charge on any atom is 0.131 e. The van der Waals surface area contributed by atoms with Gasteiger partial charge in [0.05, 0.1) is 12.2 Å². The molecule has 1 aromatic rings. The van der Waals surface area contributed by atoms with E-state index in [2.05, 4.69) is 6.92 Å². The van der Waals surface area contributed by atoms with Gasteiger partial charge in [0.2, 0.25) is 0 Å². The lowest BCUT2D eigenvalue weighted by Gasteiger charge is -2.13. The van der Waals surface area contributed by atoms with Crippen LogP contribution in [-0.4, -0.2) is 18.7 Å². The highest BCUT2D eigenvalue weighted by Gasteiger charge is 2.11. The average Bonchev–Trinajstić information content (AvgIpc) is 2.42. The Kier molecular flexibility index (Phi) is 7.41. The summed E-state index contributed by atoms with van der Waals surface area (Å²) in [5, 5.41) is 7.68. The van der Waals surface area contributed by atoms with Crippen LogP contribution in [0.1, 0.15) is 44.6 Å². The van der Waals surface area contributed by atoms with Crippen molar-refractivity contribution in [2.75, 3.05) is 12.9 Å². The van der Waals surface area contributed by atoms with E-state index in [0.29, 0.717) is 6.61 Å². The first-order chi connectivity index (χ1) is 9.20. The Hall–Kier alpha value is -1.16. The van der Waals surface area contributed by atoms with Crippen LogP contribution < -0.4 is 10.5 Å². The lowest BCUT2D eigenvalue weighted by molar-refractivity contribution is 0.303. The van der Waals surface area contributed by atoms with E-state index in [1.807, 2.05) is 24.5 Å². The number of ether oxygens (including phenoxy) is 1. The molecule has 0 unspecified atom stereocenters. The zero-order valence-corrected chi connectivity index (χ0v) is 12.7. The van der Waals surface area contributed by atoms with E-state index in [1.54, 1.807) is 11.8 Å². The number of rotatable bonds is 9. The fourth-order valence-corrected chi connectivity index (χ4v) is 2.58. The maximum absolute atomic E-state index is 7.68. The van der Waals surface area contributed by atoms with Gasteiger partial charge in [-0.2, -0.15) is 0 Å². The van der Waals surface area contributed by atoms with Crippen LogP contribution in [0, 0.1) is 5.41 Å². The minimum absolute atomic E-state index is 0.0749. The number of hydrogen-bond donors (Lipinski definition) is 2. The summed E-state index contributed by atoms with van der Waals surface area (Å²) in [4.78, 5) is 0.996. The van der Waals surface area contributed by atoms with Gasteiger partial charge in [0, 0.05) is 4.90 Å². The summed E-state index contributed by atoms with van der Waals surface area (Å²) in [6.45, 7) is 2.91. The van der Waals surface area contributed by atoms with Crippen molar-refractivity contribution in [3.05, 3.63) is 23.8 Å². The Morgan fingerprint density at radius 1 is 1.26 bits per heavy atom. The number of nitrogens with one attached hydrogen (secondary N) is 1. The summed E-state index contributed by atoms with van der Waals surface area (Å²) in [5.41, 5.74) is 6.38. The number of benzene rings is 1. The van der Waals surface area contributed by atoms with Gasteiger partial charge in [-0.25, -0.2) is 0 Å². The van der Waals surface area contributed by atoms with Crippen LogP contribution in [0.5, 0.6) is 5.75 Å². The zero-order valence-electron chi connectivity index (χ0n) is 11.9. The van der Waals surface area contributed by atoms with Gasteiger partial charge < -0.3 is 10.5 Å². The van der Waals surface area contributed by atoms with Crippen molar-refractivity contribution in [2.45, 2.75) is 43.9 Å². The molecular weight excluding hydrogens is 256 g/mol. The summed E-state index contributed by atoms with van der Waals surface area (Å²) in [6.07, 6.45) is 8.05. The Bertz CT molecular complexity index is 407. The van der Waals surface area contributed by atoms with Crippen molar-refractivity contribution in [1.29, 1.82) is 5.41 Å². The molecule has 0 amide bonds. The average molecular weight is 280 g/mol. The molecule has 0 heterocycles. The molecule has 1 rings (SSSR count). The summed E-state index contributed by atoms with van der Waals surface area (Å²) < 4.78 is 5.79.